The van der Waals surface area contributed by atoms with Crippen LogP contribution in [-0.4, -0.2) is 39.0 Å². The van der Waals surface area contributed by atoms with Gasteiger partial charge in [-0.15, -0.1) is 6.42 Å². The fourth-order valence-corrected chi connectivity index (χ4v) is 2.90. The van der Waals surface area contributed by atoms with Gasteiger partial charge in [-0.3, -0.25) is 9.36 Å². The van der Waals surface area contributed by atoms with Gasteiger partial charge in [-0.2, -0.15) is 0 Å². The molecule has 0 fully saturated rings. The fraction of sp³-hybridized carbons (Fsp3) is 0.316. The van der Waals surface area contributed by atoms with Gasteiger partial charge in [0.1, 0.15) is 18.2 Å². The second-order valence-electron chi connectivity index (χ2n) is 5.97. The van der Waals surface area contributed by atoms with E-state index in [1.165, 1.54) is 4.57 Å². The lowest BCUT2D eigenvalue weighted by Gasteiger charge is -2.08. The minimum absolute atomic E-state index is 0.0925. The topological polar surface area (TPSA) is 80.3 Å². The van der Waals surface area contributed by atoms with Crippen LogP contribution in [0.5, 0.6) is 5.75 Å². The van der Waals surface area contributed by atoms with Gasteiger partial charge < -0.3 is 14.0 Å². The summed E-state index contributed by atoms with van der Waals surface area (Å²) in [4.78, 5) is 29.7. The van der Waals surface area contributed by atoms with Crippen molar-refractivity contribution in [3.63, 3.8) is 0 Å². The van der Waals surface area contributed by atoms with Gasteiger partial charge in [0.25, 0.3) is 5.56 Å². The van der Waals surface area contributed by atoms with Crippen LogP contribution in [0, 0.1) is 12.3 Å². The Kier molecular flexibility index (Phi) is 5.14. The number of aryl methyl sites for hydroxylation is 2. The molecule has 0 bridgehead atoms. The van der Waals surface area contributed by atoms with Gasteiger partial charge in [-0.05, 0) is 12.1 Å². The molecule has 2 heterocycles. The van der Waals surface area contributed by atoms with Crippen LogP contribution < -0.4 is 16.0 Å². The lowest BCUT2D eigenvalue weighted by Crippen LogP contribution is -2.39. The van der Waals surface area contributed by atoms with Crippen molar-refractivity contribution in [1.82, 2.24) is 18.7 Å². The van der Waals surface area contributed by atoms with Crippen LogP contribution in [0.2, 0.25) is 0 Å². The van der Waals surface area contributed by atoms with E-state index in [9.17, 15) is 9.59 Å². The summed E-state index contributed by atoms with van der Waals surface area (Å²) in [6.45, 7) is 0.811. The molecule has 0 radical (unpaired) electrons. The van der Waals surface area contributed by atoms with E-state index in [1.807, 2.05) is 24.3 Å². The largest absolute Gasteiger partial charge is 0.491 e. The van der Waals surface area contributed by atoms with Crippen molar-refractivity contribution >= 4 is 11.2 Å². The van der Waals surface area contributed by atoms with Gasteiger partial charge in [0, 0.05) is 26.8 Å². The van der Waals surface area contributed by atoms with Crippen molar-refractivity contribution in [2.75, 3.05) is 20.3 Å². The maximum absolute atomic E-state index is 12.8. The van der Waals surface area contributed by atoms with Crippen LogP contribution >= 0.6 is 0 Å². The maximum Gasteiger partial charge on any atom is 0.333 e. The molecule has 0 N–H and O–H groups in total. The van der Waals surface area contributed by atoms with E-state index >= 15 is 0 Å². The Morgan fingerprint density at radius 2 is 1.96 bits per heavy atom. The van der Waals surface area contributed by atoms with E-state index in [1.54, 1.807) is 25.8 Å². The third kappa shape index (κ3) is 3.25. The van der Waals surface area contributed by atoms with Crippen molar-refractivity contribution in [2.45, 2.75) is 6.54 Å². The molecule has 140 valence electrons. The first-order chi connectivity index (χ1) is 13.0. The number of benzene rings is 1. The summed E-state index contributed by atoms with van der Waals surface area (Å²) in [6, 6.07) is 7.36. The lowest BCUT2D eigenvalue weighted by atomic mass is 10.2. The molecular weight excluding hydrogens is 348 g/mol. The number of aromatic nitrogens is 4. The zero-order valence-corrected chi connectivity index (χ0v) is 15.4. The van der Waals surface area contributed by atoms with Crippen molar-refractivity contribution in [3.05, 3.63) is 45.1 Å². The number of fused-ring (bicyclic) bond motifs is 1. The normalized spacial score (nSPS) is 10.9. The SMILES string of the molecule is C#CCn1c(=O)c2c(nc(-c3cccc(OCCOC)c3)n2C)n(C)c1=O. The van der Waals surface area contributed by atoms with Crippen LogP contribution in [-0.2, 0) is 25.4 Å². The summed E-state index contributed by atoms with van der Waals surface area (Å²) in [6.07, 6.45) is 5.29. The number of nitrogens with zero attached hydrogens (tertiary/aromatic N) is 4. The summed E-state index contributed by atoms with van der Waals surface area (Å²) in [5.74, 6) is 3.55. The van der Waals surface area contributed by atoms with E-state index in [2.05, 4.69) is 10.9 Å². The van der Waals surface area contributed by atoms with Gasteiger partial charge in [-0.1, -0.05) is 18.1 Å². The minimum Gasteiger partial charge on any atom is -0.491 e. The van der Waals surface area contributed by atoms with Gasteiger partial charge in [0.2, 0.25) is 0 Å². The second kappa shape index (κ2) is 7.51. The zero-order chi connectivity index (χ0) is 19.6. The summed E-state index contributed by atoms with van der Waals surface area (Å²) in [5, 5.41) is 0. The molecule has 0 atom stereocenters. The molecule has 0 saturated heterocycles. The molecule has 1 aromatic carbocycles. The van der Waals surface area contributed by atoms with E-state index in [4.69, 9.17) is 15.9 Å². The fourth-order valence-electron chi connectivity index (χ4n) is 2.90. The highest BCUT2D eigenvalue weighted by Gasteiger charge is 2.19. The van der Waals surface area contributed by atoms with Crippen LogP contribution in [0.1, 0.15) is 0 Å². The van der Waals surface area contributed by atoms with Gasteiger partial charge in [0.15, 0.2) is 11.2 Å². The molecule has 2 aromatic heterocycles. The molecule has 3 rings (SSSR count). The quantitative estimate of drug-likeness (QED) is 0.474. The Hall–Kier alpha value is -3.31. The van der Waals surface area contributed by atoms with Crippen LogP contribution in [0.3, 0.4) is 0 Å². The van der Waals surface area contributed by atoms with E-state index < -0.39 is 11.2 Å². The van der Waals surface area contributed by atoms with E-state index in [-0.39, 0.29) is 6.54 Å². The van der Waals surface area contributed by atoms with Gasteiger partial charge >= 0.3 is 5.69 Å². The number of ether oxygens (including phenoxy) is 2. The highest BCUT2D eigenvalue weighted by molar-refractivity contribution is 5.77. The highest BCUT2D eigenvalue weighted by Crippen LogP contribution is 2.25. The molecule has 0 amide bonds. The van der Waals surface area contributed by atoms with E-state index in [0.717, 1.165) is 10.1 Å². The molecule has 8 nitrogen and oxygen atoms in total. The predicted octanol–water partition coefficient (Wildman–Crippen LogP) is 0.759. The first-order valence-corrected chi connectivity index (χ1v) is 8.31. The molecule has 8 heteroatoms. The zero-order valence-electron chi connectivity index (χ0n) is 15.4. The number of rotatable bonds is 6. The molecule has 3 aromatic rings. The third-order valence-corrected chi connectivity index (χ3v) is 4.26. The first kappa shape index (κ1) is 18.5. The second-order valence-corrected chi connectivity index (χ2v) is 5.97. The van der Waals surface area contributed by atoms with Crippen molar-refractivity contribution in [2.24, 2.45) is 14.1 Å². The summed E-state index contributed by atoms with van der Waals surface area (Å²) in [7, 11) is 4.91. The van der Waals surface area contributed by atoms with Crippen LogP contribution in [0.15, 0.2) is 33.9 Å². The Morgan fingerprint density at radius 3 is 2.67 bits per heavy atom. The minimum atomic E-state index is -0.494. The smallest absolute Gasteiger partial charge is 0.333 e. The van der Waals surface area contributed by atoms with E-state index in [0.29, 0.717) is 36.0 Å². The number of imidazole rings is 1. The summed E-state index contributed by atoms with van der Waals surface area (Å²) < 4.78 is 14.6. The Bertz CT molecular complexity index is 1150. The molecule has 0 saturated carbocycles. The average Bonchev–Trinajstić information content (AvgIpc) is 3.01. The Balaban J connectivity index is 2.16. The molecule has 0 unspecified atom stereocenters. The predicted molar refractivity (Wildman–Crippen MR) is 102 cm³/mol. The van der Waals surface area contributed by atoms with Crippen LogP contribution in [0.4, 0.5) is 0 Å². The third-order valence-electron chi connectivity index (χ3n) is 4.26. The van der Waals surface area contributed by atoms with Crippen molar-refractivity contribution < 1.29 is 9.47 Å². The van der Waals surface area contributed by atoms with Gasteiger partial charge in [-0.25, -0.2) is 14.3 Å². The number of terminal acetylenes is 1. The Morgan fingerprint density at radius 1 is 1.19 bits per heavy atom. The average molecular weight is 368 g/mol. The lowest BCUT2D eigenvalue weighted by molar-refractivity contribution is 0.146. The molecule has 0 aliphatic carbocycles. The van der Waals surface area contributed by atoms with Crippen molar-refractivity contribution in [3.8, 4) is 29.5 Å². The molecule has 0 spiro atoms. The highest BCUT2D eigenvalue weighted by atomic mass is 16.5. The number of hydrogen-bond acceptors (Lipinski definition) is 5. The summed E-state index contributed by atoms with van der Waals surface area (Å²) in [5.41, 5.74) is 0.431. The molecule has 0 aliphatic heterocycles. The number of methoxy groups -OCH3 is 1. The maximum atomic E-state index is 12.8. The molecule has 0 aliphatic rings. The standard InChI is InChI=1S/C19H20N4O4/c1-5-9-23-18(24)15-17(22(3)19(23)25)20-16(21(15)2)13-7-6-8-14(12-13)27-11-10-26-4/h1,6-8,12H,9-11H2,2-4H3. The number of hydrogen-bond donors (Lipinski definition) is 0. The van der Waals surface area contributed by atoms with Crippen LogP contribution in [0.25, 0.3) is 22.6 Å². The monoisotopic (exact) mass is 368 g/mol. The summed E-state index contributed by atoms with van der Waals surface area (Å²) >= 11 is 0. The van der Waals surface area contributed by atoms with Crippen molar-refractivity contribution in [1.29, 1.82) is 0 Å². The molecule has 27 heavy (non-hydrogen) atoms. The Labute approximate surface area is 155 Å². The van der Waals surface area contributed by atoms with Gasteiger partial charge in [0.05, 0.1) is 13.2 Å². The first-order valence-electron chi connectivity index (χ1n) is 8.31. The molecular formula is C19H20N4O4.